The molecule has 0 atom stereocenters. The topological polar surface area (TPSA) is 29.1 Å². The quantitative estimate of drug-likeness (QED) is 0.678. The van der Waals surface area contributed by atoms with Crippen LogP contribution in [0, 0.1) is 6.92 Å². The lowest BCUT2D eigenvalue weighted by Crippen LogP contribution is -2.44. The molecule has 0 amide bonds. The first-order chi connectivity index (χ1) is 6.50. The number of aryl methyl sites for hydroxylation is 1. The van der Waals surface area contributed by atoms with E-state index in [-0.39, 0.29) is 5.78 Å². The van der Waals surface area contributed by atoms with Gasteiger partial charge >= 0.3 is 0 Å². The average molecular weight is 189 g/mol. The number of fused-ring (bicyclic) bond motifs is 1. The van der Waals surface area contributed by atoms with Crippen LogP contribution < -0.4 is 5.32 Å². The summed E-state index contributed by atoms with van der Waals surface area (Å²) in [6.45, 7) is 5.91. The summed E-state index contributed by atoms with van der Waals surface area (Å²) in [4.78, 5) is 11.8. The van der Waals surface area contributed by atoms with Crippen molar-refractivity contribution in [2.45, 2.75) is 32.7 Å². The van der Waals surface area contributed by atoms with E-state index in [4.69, 9.17) is 0 Å². The first-order valence-corrected chi connectivity index (χ1v) is 4.91. The van der Waals surface area contributed by atoms with Crippen LogP contribution in [0.4, 0.5) is 5.69 Å². The Hall–Kier alpha value is -1.31. The Labute approximate surface area is 84.3 Å². The van der Waals surface area contributed by atoms with Gasteiger partial charge in [-0.1, -0.05) is 12.1 Å². The third-order valence-electron chi connectivity index (χ3n) is 2.89. The molecular formula is C12H15NO. The minimum absolute atomic E-state index is 0.263. The van der Waals surface area contributed by atoms with Crippen molar-refractivity contribution in [1.29, 1.82) is 0 Å². The number of rotatable bonds is 0. The molecular weight excluding hydrogens is 174 g/mol. The molecule has 0 saturated carbocycles. The van der Waals surface area contributed by atoms with Gasteiger partial charge in [0.1, 0.15) is 0 Å². The predicted molar refractivity (Wildman–Crippen MR) is 57.6 cm³/mol. The van der Waals surface area contributed by atoms with Crippen LogP contribution in [0.25, 0.3) is 0 Å². The second kappa shape index (κ2) is 2.84. The van der Waals surface area contributed by atoms with E-state index in [0.29, 0.717) is 6.42 Å². The summed E-state index contributed by atoms with van der Waals surface area (Å²) in [6, 6.07) is 6.11. The molecule has 14 heavy (non-hydrogen) atoms. The Bertz CT molecular complexity index is 393. The molecule has 1 aromatic carbocycles. The Kier molecular flexibility index (Phi) is 1.88. The summed E-state index contributed by atoms with van der Waals surface area (Å²) >= 11 is 0. The molecule has 0 fully saturated rings. The minimum atomic E-state index is -0.416. The van der Waals surface area contributed by atoms with E-state index in [1.54, 1.807) is 0 Å². The normalized spacial score (nSPS) is 18.6. The molecule has 0 aromatic heterocycles. The van der Waals surface area contributed by atoms with Crippen molar-refractivity contribution in [3.8, 4) is 0 Å². The number of hydrogen-bond donors (Lipinski definition) is 1. The Morgan fingerprint density at radius 1 is 1.36 bits per heavy atom. The molecule has 1 heterocycles. The van der Waals surface area contributed by atoms with Gasteiger partial charge in [-0.05, 0) is 38.0 Å². The van der Waals surface area contributed by atoms with Crippen molar-refractivity contribution in [3.05, 3.63) is 29.3 Å². The van der Waals surface area contributed by atoms with Gasteiger partial charge < -0.3 is 5.32 Å². The predicted octanol–water partition coefficient (Wildman–Crippen LogP) is 2.31. The summed E-state index contributed by atoms with van der Waals surface area (Å²) in [7, 11) is 0. The van der Waals surface area contributed by atoms with E-state index in [2.05, 4.69) is 5.32 Å². The molecule has 0 saturated heterocycles. The van der Waals surface area contributed by atoms with E-state index in [9.17, 15) is 4.79 Å². The summed E-state index contributed by atoms with van der Waals surface area (Å²) in [5.74, 6) is 0.263. The van der Waals surface area contributed by atoms with Crippen LogP contribution in [0.3, 0.4) is 0 Å². The molecule has 2 nitrogen and oxygen atoms in total. The fourth-order valence-corrected chi connectivity index (χ4v) is 1.84. The molecule has 2 heteroatoms. The van der Waals surface area contributed by atoms with E-state index in [0.717, 1.165) is 11.3 Å². The van der Waals surface area contributed by atoms with Crippen LogP contribution in [0.15, 0.2) is 18.2 Å². The smallest absolute Gasteiger partial charge is 0.162 e. The second-order valence-corrected chi connectivity index (χ2v) is 4.45. The molecule has 0 radical (unpaired) electrons. The molecule has 1 aromatic rings. The maximum Gasteiger partial charge on any atom is 0.162 e. The Balaban J connectivity index is 2.51. The lowest BCUT2D eigenvalue weighted by molar-refractivity contribution is -0.122. The van der Waals surface area contributed by atoms with Gasteiger partial charge in [-0.3, -0.25) is 4.79 Å². The van der Waals surface area contributed by atoms with Crippen molar-refractivity contribution in [2.24, 2.45) is 0 Å². The molecule has 2 rings (SSSR count). The third-order valence-corrected chi connectivity index (χ3v) is 2.89. The first kappa shape index (κ1) is 9.25. The standard InChI is InChI=1S/C12H15NO/c1-8-5-4-6-10-9(8)7-11(14)12(2,3)13-10/h4-6,13H,7H2,1-3H3. The van der Waals surface area contributed by atoms with Crippen LogP contribution >= 0.6 is 0 Å². The van der Waals surface area contributed by atoms with E-state index in [1.165, 1.54) is 5.56 Å². The highest BCUT2D eigenvalue weighted by Gasteiger charge is 2.32. The van der Waals surface area contributed by atoms with Crippen molar-refractivity contribution in [3.63, 3.8) is 0 Å². The van der Waals surface area contributed by atoms with Gasteiger partial charge in [-0.15, -0.1) is 0 Å². The zero-order chi connectivity index (χ0) is 10.3. The van der Waals surface area contributed by atoms with Crippen LogP contribution in [-0.4, -0.2) is 11.3 Å². The number of carbonyl (C=O) groups is 1. The zero-order valence-electron chi connectivity index (χ0n) is 8.85. The number of carbonyl (C=O) groups excluding carboxylic acids is 1. The lowest BCUT2D eigenvalue weighted by atomic mass is 9.86. The Morgan fingerprint density at radius 3 is 2.79 bits per heavy atom. The summed E-state index contributed by atoms with van der Waals surface area (Å²) in [6.07, 6.45) is 0.558. The van der Waals surface area contributed by atoms with Crippen LogP contribution in [0.5, 0.6) is 0 Å². The van der Waals surface area contributed by atoms with Crippen molar-refractivity contribution in [1.82, 2.24) is 0 Å². The van der Waals surface area contributed by atoms with Crippen LogP contribution in [-0.2, 0) is 11.2 Å². The fourth-order valence-electron chi connectivity index (χ4n) is 1.84. The molecule has 0 unspecified atom stereocenters. The maximum atomic E-state index is 11.8. The van der Waals surface area contributed by atoms with Gasteiger partial charge in [0.15, 0.2) is 5.78 Å². The van der Waals surface area contributed by atoms with Gasteiger partial charge in [0, 0.05) is 12.1 Å². The molecule has 0 bridgehead atoms. The van der Waals surface area contributed by atoms with Crippen molar-refractivity contribution in [2.75, 3.05) is 5.32 Å². The van der Waals surface area contributed by atoms with Gasteiger partial charge in [0.05, 0.1) is 5.54 Å². The van der Waals surface area contributed by atoms with E-state index < -0.39 is 5.54 Å². The van der Waals surface area contributed by atoms with Crippen molar-refractivity contribution < 1.29 is 4.79 Å². The minimum Gasteiger partial charge on any atom is -0.373 e. The number of nitrogens with one attached hydrogen (secondary N) is 1. The average Bonchev–Trinajstić information content (AvgIpc) is 2.08. The van der Waals surface area contributed by atoms with E-state index >= 15 is 0 Å². The lowest BCUT2D eigenvalue weighted by Gasteiger charge is -2.32. The molecule has 1 N–H and O–H groups in total. The molecule has 1 aliphatic heterocycles. The summed E-state index contributed by atoms with van der Waals surface area (Å²) in [5.41, 5.74) is 3.03. The highest BCUT2D eigenvalue weighted by atomic mass is 16.1. The molecule has 0 aliphatic carbocycles. The summed E-state index contributed by atoms with van der Waals surface area (Å²) in [5, 5.41) is 3.28. The van der Waals surface area contributed by atoms with Gasteiger partial charge in [-0.25, -0.2) is 0 Å². The SMILES string of the molecule is Cc1cccc2c1CC(=O)C(C)(C)N2. The first-order valence-electron chi connectivity index (χ1n) is 4.91. The van der Waals surface area contributed by atoms with Crippen LogP contribution in [0.2, 0.25) is 0 Å². The van der Waals surface area contributed by atoms with Gasteiger partial charge in [0.25, 0.3) is 0 Å². The van der Waals surface area contributed by atoms with Crippen LogP contribution in [0.1, 0.15) is 25.0 Å². The second-order valence-electron chi connectivity index (χ2n) is 4.45. The number of anilines is 1. The number of ketones is 1. The highest BCUT2D eigenvalue weighted by molar-refractivity contribution is 5.96. The van der Waals surface area contributed by atoms with Gasteiger partial charge in [0.2, 0.25) is 0 Å². The van der Waals surface area contributed by atoms with Crippen molar-refractivity contribution >= 4 is 11.5 Å². The molecule has 1 aliphatic rings. The molecule has 74 valence electrons. The fraction of sp³-hybridized carbons (Fsp3) is 0.417. The number of hydrogen-bond acceptors (Lipinski definition) is 2. The highest BCUT2D eigenvalue weighted by Crippen LogP contribution is 2.29. The monoisotopic (exact) mass is 189 g/mol. The molecule has 0 spiro atoms. The Morgan fingerprint density at radius 2 is 2.07 bits per heavy atom. The summed E-state index contributed by atoms with van der Waals surface area (Å²) < 4.78 is 0. The van der Waals surface area contributed by atoms with Gasteiger partial charge in [-0.2, -0.15) is 0 Å². The zero-order valence-corrected chi connectivity index (χ0v) is 8.85. The number of Topliss-reactive ketones (excluding diaryl/α,β-unsaturated/α-hetero) is 1. The number of benzene rings is 1. The largest absolute Gasteiger partial charge is 0.373 e. The third kappa shape index (κ3) is 1.31. The van der Waals surface area contributed by atoms with E-state index in [1.807, 2.05) is 39.0 Å². The maximum absolute atomic E-state index is 11.8.